The number of nitrogens with zero attached hydrogens (tertiary/aromatic N) is 4. The van der Waals surface area contributed by atoms with Crippen LogP contribution >= 0.6 is 0 Å². The van der Waals surface area contributed by atoms with Gasteiger partial charge in [-0.25, -0.2) is 9.97 Å². The predicted molar refractivity (Wildman–Crippen MR) is 102 cm³/mol. The van der Waals surface area contributed by atoms with Crippen LogP contribution in [-0.2, 0) is 0 Å². The molecule has 1 aliphatic carbocycles. The minimum atomic E-state index is 0.124. The predicted octanol–water partition coefficient (Wildman–Crippen LogP) is 3.07. The smallest absolute Gasteiger partial charge is 0.257 e. The lowest BCUT2D eigenvalue weighted by Crippen LogP contribution is -2.33. The van der Waals surface area contributed by atoms with Gasteiger partial charge in [-0.2, -0.15) is 0 Å². The number of amides is 1. The van der Waals surface area contributed by atoms with E-state index in [0.717, 1.165) is 30.5 Å². The molecule has 0 radical (unpaired) electrons. The van der Waals surface area contributed by atoms with Gasteiger partial charge in [0.15, 0.2) is 0 Å². The molecule has 3 aliphatic rings. The summed E-state index contributed by atoms with van der Waals surface area (Å²) in [5.74, 6) is 3.13. The van der Waals surface area contributed by atoms with E-state index in [2.05, 4.69) is 19.8 Å². The van der Waals surface area contributed by atoms with Crippen molar-refractivity contribution in [2.75, 3.05) is 32.7 Å². The van der Waals surface area contributed by atoms with Gasteiger partial charge in [0.25, 0.3) is 5.91 Å². The van der Waals surface area contributed by atoms with E-state index < -0.39 is 0 Å². The molecule has 1 aromatic rings. The maximum absolute atomic E-state index is 12.9. The van der Waals surface area contributed by atoms with Crippen LogP contribution in [0.3, 0.4) is 0 Å². The summed E-state index contributed by atoms with van der Waals surface area (Å²) in [6.45, 7) is 9.34. The number of rotatable bonds is 3. The fourth-order valence-corrected chi connectivity index (χ4v) is 5.27. The van der Waals surface area contributed by atoms with E-state index >= 15 is 0 Å². The third-order valence-corrected chi connectivity index (χ3v) is 6.82. The van der Waals surface area contributed by atoms with Crippen LogP contribution in [0.4, 0.5) is 0 Å². The standard InChI is InChI=1S/C21H32N4O/c1-15-20(11-22-16(2)23-15)21(26)25-13-18-7-9-24(10-8-19(18)14-25)12-17-5-3-4-6-17/h11,17-19H,3-10,12-14H2,1-2H3/t18-,19+. The number of aromatic nitrogens is 2. The summed E-state index contributed by atoms with van der Waals surface area (Å²) in [6.07, 6.45) is 9.92. The molecule has 1 saturated carbocycles. The van der Waals surface area contributed by atoms with Crippen LogP contribution in [0.25, 0.3) is 0 Å². The van der Waals surface area contributed by atoms with Gasteiger partial charge < -0.3 is 9.80 Å². The molecule has 26 heavy (non-hydrogen) atoms. The Morgan fingerprint density at radius 2 is 1.73 bits per heavy atom. The largest absolute Gasteiger partial charge is 0.338 e. The molecule has 5 heteroatoms. The first-order valence-corrected chi connectivity index (χ1v) is 10.4. The molecule has 1 aromatic heterocycles. The molecular formula is C21H32N4O. The summed E-state index contributed by atoms with van der Waals surface area (Å²) in [5.41, 5.74) is 1.48. The molecule has 0 N–H and O–H groups in total. The highest BCUT2D eigenvalue weighted by Gasteiger charge is 2.37. The normalized spacial score (nSPS) is 27.5. The van der Waals surface area contributed by atoms with Crippen molar-refractivity contribution in [1.82, 2.24) is 19.8 Å². The van der Waals surface area contributed by atoms with Gasteiger partial charge in [0.1, 0.15) is 5.82 Å². The van der Waals surface area contributed by atoms with Crippen molar-refractivity contribution in [3.8, 4) is 0 Å². The van der Waals surface area contributed by atoms with Crippen LogP contribution in [0.15, 0.2) is 6.20 Å². The molecule has 2 atom stereocenters. The third-order valence-electron chi connectivity index (χ3n) is 6.82. The number of aryl methyl sites for hydroxylation is 2. The molecule has 2 saturated heterocycles. The highest BCUT2D eigenvalue weighted by molar-refractivity contribution is 5.95. The van der Waals surface area contributed by atoms with Crippen LogP contribution in [-0.4, -0.2) is 58.4 Å². The summed E-state index contributed by atoms with van der Waals surface area (Å²) in [7, 11) is 0. The van der Waals surface area contributed by atoms with E-state index in [-0.39, 0.29) is 5.91 Å². The fraction of sp³-hybridized carbons (Fsp3) is 0.762. The van der Waals surface area contributed by atoms with Crippen molar-refractivity contribution in [3.05, 3.63) is 23.3 Å². The molecular weight excluding hydrogens is 324 g/mol. The molecule has 5 nitrogen and oxygen atoms in total. The van der Waals surface area contributed by atoms with E-state index in [0.29, 0.717) is 17.4 Å². The molecule has 4 rings (SSSR count). The van der Waals surface area contributed by atoms with Gasteiger partial charge in [0.2, 0.25) is 0 Å². The SMILES string of the molecule is Cc1ncc(C(=O)N2C[C@H]3CCN(CC4CCCC4)CC[C@H]3C2)c(C)n1. The minimum Gasteiger partial charge on any atom is -0.338 e. The first-order valence-electron chi connectivity index (χ1n) is 10.4. The molecule has 1 amide bonds. The monoisotopic (exact) mass is 356 g/mol. The Kier molecular flexibility index (Phi) is 5.25. The Morgan fingerprint density at radius 1 is 1.08 bits per heavy atom. The Labute approximate surface area is 157 Å². The van der Waals surface area contributed by atoms with Crippen molar-refractivity contribution in [3.63, 3.8) is 0 Å². The van der Waals surface area contributed by atoms with Crippen molar-refractivity contribution in [2.45, 2.75) is 52.4 Å². The molecule has 142 valence electrons. The maximum atomic E-state index is 12.9. The number of hydrogen-bond donors (Lipinski definition) is 0. The van der Waals surface area contributed by atoms with Crippen LogP contribution in [0.2, 0.25) is 0 Å². The highest BCUT2D eigenvalue weighted by Crippen LogP contribution is 2.34. The summed E-state index contributed by atoms with van der Waals surface area (Å²) in [4.78, 5) is 26.3. The lowest BCUT2D eigenvalue weighted by atomic mass is 9.92. The van der Waals surface area contributed by atoms with E-state index in [4.69, 9.17) is 0 Å². The molecule has 0 unspecified atom stereocenters. The van der Waals surface area contributed by atoms with Crippen molar-refractivity contribution in [2.24, 2.45) is 17.8 Å². The van der Waals surface area contributed by atoms with Crippen LogP contribution in [0.5, 0.6) is 0 Å². The van der Waals surface area contributed by atoms with Gasteiger partial charge in [-0.05, 0) is 70.4 Å². The lowest BCUT2D eigenvalue weighted by Gasteiger charge is -2.25. The average Bonchev–Trinajstić information content (AvgIpc) is 3.23. The van der Waals surface area contributed by atoms with Crippen molar-refractivity contribution >= 4 is 5.91 Å². The Morgan fingerprint density at radius 3 is 2.35 bits per heavy atom. The summed E-state index contributed by atoms with van der Waals surface area (Å²) in [6, 6.07) is 0. The molecule has 0 aromatic carbocycles. The number of carbonyl (C=O) groups excluding carboxylic acids is 1. The molecule has 0 bridgehead atoms. The van der Waals surface area contributed by atoms with Gasteiger partial charge in [-0.15, -0.1) is 0 Å². The topological polar surface area (TPSA) is 49.3 Å². The quantitative estimate of drug-likeness (QED) is 0.835. The number of carbonyl (C=O) groups is 1. The number of likely N-dealkylation sites (tertiary alicyclic amines) is 2. The van der Waals surface area contributed by atoms with E-state index in [1.165, 1.54) is 58.2 Å². The second-order valence-electron chi connectivity index (χ2n) is 8.68. The van der Waals surface area contributed by atoms with Gasteiger partial charge in [-0.1, -0.05) is 12.8 Å². The first kappa shape index (κ1) is 17.9. The average molecular weight is 357 g/mol. The Balaban J connectivity index is 1.35. The van der Waals surface area contributed by atoms with E-state index in [1.54, 1.807) is 6.20 Å². The molecule has 3 heterocycles. The summed E-state index contributed by atoms with van der Waals surface area (Å²) in [5, 5.41) is 0. The maximum Gasteiger partial charge on any atom is 0.257 e. The molecule has 0 spiro atoms. The second-order valence-corrected chi connectivity index (χ2v) is 8.68. The van der Waals surface area contributed by atoms with Gasteiger partial charge in [0, 0.05) is 25.8 Å². The van der Waals surface area contributed by atoms with Gasteiger partial charge in [0.05, 0.1) is 11.3 Å². The molecule has 3 fully saturated rings. The second kappa shape index (κ2) is 7.63. The fourth-order valence-electron chi connectivity index (χ4n) is 5.27. The number of hydrogen-bond acceptors (Lipinski definition) is 4. The van der Waals surface area contributed by atoms with Crippen molar-refractivity contribution in [1.29, 1.82) is 0 Å². The van der Waals surface area contributed by atoms with Crippen molar-refractivity contribution < 1.29 is 4.79 Å². The minimum absolute atomic E-state index is 0.124. The zero-order chi connectivity index (χ0) is 18.1. The van der Waals surface area contributed by atoms with Gasteiger partial charge in [-0.3, -0.25) is 4.79 Å². The summed E-state index contributed by atoms with van der Waals surface area (Å²) >= 11 is 0. The first-order chi connectivity index (χ1) is 12.6. The number of fused-ring (bicyclic) bond motifs is 1. The zero-order valence-corrected chi connectivity index (χ0v) is 16.3. The Bertz CT molecular complexity index is 639. The Hall–Kier alpha value is -1.49. The summed E-state index contributed by atoms with van der Waals surface area (Å²) < 4.78 is 0. The van der Waals surface area contributed by atoms with Crippen LogP contribution in [0.1, 0.15) is 60.4 Å². The third kappa shape index (κ3) is 3.78. The highest BCUT2D eigenvalue weighted by atomic mass is 16.2. The van der Waals surface area contributed by atoms with Crippen LogP contribution < -0.4 is 0 Å². The zero-order valence-electron chi connectivity index (χ0n) is 16.3. The lowest BCUT2D eigenvalue weighted by molar-refractivity contribution is 0.0778. The van der Waals surface area contributed by atoms with E-state index in [9.17, 15) is 4.79 Å². The van der Waals surface area contributed by atoms with Crippen LogP contribution in [0, 0.1) is 31.6 Å². The van der Waals surface area contributed by atoms with Gasteiger partial charge >= 0.3 is 0 Å². The van der Waals surface area contributed by atoms with E-state index in [1.807, 2.05) is 13.8 Å². The molecule has 2 aliphatic heterocycles.